The molecule has 6 rings (SSSR count). The highest BCUT2D eigenvalue weighted by Crippen LogP contribution is 2.30. The number of sulfonamides is 2. The number of carbonyl (C=O) groups is 2. The first kappa shape index (κ1) is 44.8. The average molecular weight is 921 g/mol. The third-order valence-electron chi connectivity index (χ3n) is 7.80. The van der Waals surface area contributed by atoms with E-state index in [9.17, 15) is 31.5 Å². The number of nitrogens with two attached hydrogens (primary N) is 2. The van der Waals surface area contributed by atoms with Crippen LogP contribution in [0.25, 0.3) is 0 Å². The van der Waals surface area contributed by atoms with Crippen molar-refractivity contribution in [3.05, 3.63) is 165 Å². The molecule has 0 spiro atoms. The number of esters is 1. The number of carboxylic acids is 1. The molecule has 0 fully saturated rings. The molecule has 0 radical (unpaired) electrons. The number of hydrogen-bond acceptors (Lipinski definition) is 10. The van der Waals surface area contributed by atoms with Crippen molar-refractivity contribution in [3.63, 3.8) is 0 Å². The van der Waals surface area contributed by atoms with E-state index in [1.54, 1.807) is 24.3 Å². The fourth-order valence-electron chi connectivity index (χ4n) is 4.98. The van der Waals surface area contributed by atoms with Gasteiger partial charge in [0.15, 0.2) is 0 Å². The van der Waals surface area contributed by atoms with Gasteiger partial charge in [-0.3, -0.25) is 0 Å². The van der Waals surface area contributed by atoms with Crippen molar-refractivity contribution in [1.29, 1.82) is 0 Å². The third kappa shape index (κ3) is 13.9. The molecule has 5 aromatic rings. The highest BCUT2D eigenvalue weighted by Gasteiger charge is 2.23. The lowest BCUT2D eigenvalue weighted by Crippen LogP contribution is -2.16. The summed E-state index contributed by atoms with van der Waals surface area (Å²) in [7, 11) is -8.20. The number of allylic oxidation sites excluding steroid dienone is 3. The number of carbonyl (C=O) groups excluding carboxylic acids is 1. The van der Waals surface area contributed by atoms with Crippen LogP contribution < -0.4 is 20.9 Å². The van der Waals surface area contributed by atoms with Gasteiger partial charge in [0.05, 0.1) is 45.4 Å². The summed E-state index contributed by atoms with van der Waals surface area (Å²) in [6.45, 7) is 0.736. The standard InChI is InChI=1S/C19H17ClN2O5S.C13H13ClN2O4S.C7H7Br/c20-16-10-17(22-11-14-7-4-8-26-14)15(9-18(16)28(21,24)25)19(23)27-12-13-5-2-1-3-6-13;14-10-6-11(16-7-8-3-1-2-4-8)9(13(17)18)5-12(10)21(15,19)20;8-6-7-4-2-1-3-5-7/h1-10,22H,11-12H2,(H2,21,24,25);1-3,5-6,16H,4,7H2,(H,17,18)(H2,15,19,20);1-5H,6H2. The van der Waals surface area contributed by atoms with Gasteiger partial charge >= 0.3 is 11.9 Å². The lowest BCUT2D eigenvalue weighted by atomic mass is 10.1. The Morgan fingerprint density at radius 2 is 1.32 bits per heavy atom. The SMILES string of the molecule is BrCc1ccccc1.NS(=O)(=O)c1cc(C(=O)O)c(NCC2=CC=CC2)cc1Cl.NS(=O)(=O)c1cc(C(=O)OCc2ccccc2)c(NCc2ccco2)cc1Cl. The second kappa shape index (κ2) is 21.0. The number of aromatic carboxylic acids is 1. The summed E-state index contributed by atoms with van der Waals surface area (Å²) in [5.74, 6) is -1.36. The first-order valence-corrected chi connectivity index (χ1v) is 21.7. The third-order valence-corrected chi connectivity index (χ3v) is 11.2. The molecule has 18 heteroatoms. The van der Waals surface area contributed by atoms with Crippen molar-refractivity contribution >= 4 is 82.5 Å². The maximum Gasteiger partial charge on any atom is 0.340 e. The number of furan rings is 1. The molecule has 0 amide bonds. The lowest BCUT2D eigenvalue weighted by Gasteiger charge is -2.14. The molecule has 300 valence electrons. The Kier molecular flexibility index (Phi) is 16.5. The van der Waals surface area contributed by atoms with Crippen LogP contribution in [0.5, 0.6) is 0 Å². The number of rotatable bonds is 13. The first-order chi connectivity index (χ1) is 27.1. The van der Waals surface area contributed by atoms with Crippen LogP contribution in [0.4, 0.5) is 11.4 Å². The van der Waals surface area contributed by atoms with Crippen molar-refractivity contribution in [1.82, 2.24) is 0 Å². The largest absolute Gasteiger partial charge is 0.478 e. The normalized spacial score (nSPS) is 12.0. The quantitative estimate of drug-likeness (QED) is 0.0561. The van der Waals surface area contributed by atoms with Crippen LogP contribution in [0.15, 0.2) is 141 Å². The molecule has 13 nitrogen and oxygen atoms in total. The van der Waals surface area contributed by atoms with Crippen molar-refractivity contribution in [2.24, 2.45) is 10.3 Å². The molecule has 1 heterocycles. The van der Waals surface area contributed by atoms with E-state index in [0.29, 0.717) is 18.0 Å². The second-order valence-electron chi connectivity index (χ2n) is 12.0. The molecule has 0 saturated heterocycles. The highest BCUT2D eigenvalue weighted by molar-refractivity contribution is 9.08. The van der Waals surface area contributed by atoms with Gasteiger partial charge in [0, 0.05) is 11.9 Å². The summed E-state index contributed by atoms with van der Waals surface area (Å²) in [4.78, 5) is 23.1. The van der Waals surface area contributed by atoms with Crippen molar-refractivity contribution < 1.29 is 40.7 Å². The van der Waals surface area contributed by atoms with Crippen LogP contribution in [0, 0.1) is 0 Å². The minimum atomic E-state index is -4.12. The van der Waals surface area contributed by atoms with Gasteiger partial charge in [-0.1, -0.05) is 118 Å². The number of benzene rings is 4. The van der Waals surface area contributed by atoms with Crippen LogP contribution in [0.3, 0.4) is 0 Å². The van der Waals surface area contributed by atoms with Gasteiger partial charge in [0.2, 0.25) is 20.0 Å². The molecule has 57 heavy (non-hydrogen) atoms. The van der Waals surface area contributed by atoms with E-state index in [1.165, 1.54) is 24.0 Å². The van der Waals surface area contributed by atoms with Crippen LogP contribution in [0.1, 0.15) is 44.0 Å². The zero-order chi connectivity index (χ0) is 41.6. The van der Waals surface area contributed by atoms with Crippen LogP contribution in [0.2, 0.25) is 10.0 Å². The molecule has 0 atom stereocenters. The first-order valence-electron chi connectivity index (χ1n) is 16.7. The van der Waals surface area contributed by atoms with E-state index in [2.05, 4.69) is 38.7 Å². The number of halogens is 3. The Balaban J connectivity index is 0.000000217. The van der Waals surface area contributed by atoms with Crippen molar-refractivity contribution in [3.8, 4) is 0 Å². The fourth-order valence-corrected chi connectivity index (χ4v) is 7.55. The molecule has 1 aliphatic carbocycles. The van der Waals surface area contributed by atoms with Crippen molar-refractivity contribution in [2.75, 3.05) is 17.2 Å². The van der Waals surface area contributed by atoms with E-state index in [1.807, 2.05) is 54.6 Å². The molecular formula is C39H37BrCl2N4O9S2. The van der Waals surface area contributed by atoms with Gasteiger partial charge in [0.1, 0.15) is 22.2 Å². The maximum absolute atomic E-state index is 12.6. The molecule has 1 aliphatic rings. The van der Waals surface area contributed by atoms with Gasteiger partial charge in [-0.15, -0.1) is 0 Å². The van der Waals surface area contributed by atoms with Gasteiger partial charge in [-0.25, -0.2) is 36.7 Å². The second-order valence-corrected chi connectivity index (χ2v) is 16.4. The topological polar surface area (TPSA) is 221 Å². The van der Waals surface area contributed by atoms with E-state index >= 15 is 0 Å². The number of primary sulfonamides is 2. The summed E-state index contributed by atoms with van der Waals surface area (Å²) in [6, 6.07) is 27.5. The zero-order valence-electron chi connectivity index (χ0n) is 29.9. The van der Waals surface area contributed by atoms with Crippen LogP contribution >= 0.6 is 39.1 Å². The minimum Gasteiger partial charge on any atom is -0.478 e. The van der Waals surface area contributed by atoms with Crippen LogP contribution in [-0.2, 0) is 43.3 Å². The molecule has 4 aromatic carbocycles. The monoisotopic (exact) mass is 918 g/mol. The van der Waals surface area contributed by atoms with E-state index in [-0.39, 0.29) is 44.9 Å². The van der Waals surface area contributed by atoms with E-state index in [0.717, 1.165) is 35.0 Å². The summed E-state index contributed by atoms with van der Waals surface area (Å²) in [5, 5.41) is 26.1. The van der Waals surface area contributed by atoms with Gasteiger partial charge in [-0.2, -0.15) is 0 Å². The highest BCUT2D eigenvalue weighted by atomic mass is 79.9. The Morgan fingerprint density at radius 1 is 0.772 bits per heavy atom. The maximum atomic E-state index is 12.6. The minimum absolute atomic E-state index is 0.00378. The smallest absolute Gasteiger partial charge is 0.340 e. The van der Waals surface area contributed by atoms with E-state index in [4.69, 9.17) is 42.6 Å². The Hall–Kier alpha value is -4.94. The molecule has 0 saturated carbocycles. The van der Waals surface area contributed by atoms with E-state index < -0.39 is 36.9 Å². The number of ether oxygens (including phenoxy) is 1. The van der Waals surface area contributed by atoms with Crippen LogP contribution in [-0.4, -0.2) is 40.4 Å². The van der Waals surface area contributed by atoms with Gasteiger partial charge in [-0.05, 0) is 59.5 Å². The number of nitrogens with one attached hydrogen (secondary N) is 2. The lowest BCUT2D eigenvalue weighted by molar-refractivity contribution is 0.0473. The molecule has 7 N–H and O–H groups in total. The van der Waals surface area contributed by atoms with Gasteiger partial charge in [0.25, 0.3) is 0 Å². The molecule has 0 aliphatic heterocycles. The fraction of sp³-hybridized carbons (Fsp3) is 0.128. The summed E-state index contributed by atoms with van der Waals surface area (Å²) in [6.07, 6.45) is 8.12. The zero-order valence-corrected chi connectivity index (χ0v) is 34.6. The molecular weight excluding hydrogens is 883 g/mol. The predicted molar refractivity (Wildman–Crippen MR) is 224 cm³/mol. The number of alkyl halides is 1. The number of anilines is 2. The number of hydrogen-bond donors (Lipinski definition) is 5. The van der Waals surface area contributed by atoms with Crippen molar-refractivity contribution in [2.45, 2.75) is 34.7 Å². The molecule has 0 unspecified atom stereocenters. The average Bonchev–Trinajstić information content (AvgIpc) is 3.91. The molecule has 0 bridgehead atoms. The summed E-state index contributed by atoms with van der Waals surface area (Å²) < 4.78 is 56.8. The molecule has 1 aromatic heterocycles. The summed E-state index contributed by atoms with van der Waals surface area (Å²) in [5.41, 5.74) is 3.54. The Morgan fingerprint density at radius 3 is 1.79 bits per heavy atom. The summed E-state index contributed by atoms with van der Waals surface area (Å²) >= 11 is 15.3. The number of carboxylic acid groups (broad SMARTS) is 1. The Bertz CT molecular complexity index is 2450. The predicted octanol–water partition coefficient (Wildman–Crippen LogP) is 8.11. The Labute approximate surface area is 348 Å². The van der Waals surface area contributed by atoms with Gasteiger partial charge < -0.3 is 24.9 Å².